The van der Waals surface area contributed by atoms with Gasteiger partial charge in [-0.3, -0.25) is 9.59 Å². The summed E-state index contributed by atoms with van der Waals surface area (Å²) >= 11 is 0. The number of pyridine rings is 1. The Morgan fingerprint density at radius 2 is 2.00 bits per heavy atom. The molecule has 140 valence electrons. The summed E-state index contributed by atoms with van der Waals surface area (Å²) in [4.78, 5) is 29.9. The van der Waals surface area contributed by atoms with Crippen LogP contribution in [0, 0.1) is 6.92 Å². The summed E-state index contributed by atoms with van der Waals surface area (Å²) in [5.74, 6) is -0.481. The number of sulfonamides is 1. The number of anilines is 1. The average molecular weight is 379 g/mol. The van der Waals surface area contributed by atoms with Crippen LogP contribution >= 0.6 is 0 Å². The molecule has 0 aromatic carbocycles. The van der Waals surface area contributed by atoms with Crippen molar-refractivity contribution >= 4 is 27.7 Å². The number of carbonyl (C=O) groups excluding carboxylic acids is 2. The second kappa shape index (κ2) is 7.67. The highest BCUT2D eigenvalue weighted by molar-refractivity contribution is 7.89. The maximum Gasteiger partial charge on any atom is 0.270 e. The topological polar surface area (TPSA) is 113 Å². The molecule has 2 aromatic heterocycles. The van der Waals surface area contributed by atoms with E-state index in [0.29, 0.717) is 5.82 Å². The third-order valence-electron chi connectivity index (χ3n) is 3.69. The normalized spacial score (nSPS) is 11.2. The average Bonchev–Trinajstić information content (AvgIpc) is 2.96. The van der Waals surface area contributed by atoms with E-state index >= 15 is 0 Å². The van der Waals surface area contributed by atoms with Crippen molar-refractivity contribution in [1.82, 2.24) is 19.2 Å². The number of amides is 2. The molecule has 2 rings (SSSR count). The molecule has 0 atom stereocenters. The lowest BCUT2D eigenvalue weighted by atomic mass is 10.3. The summed E-state index contributed by atoms with van der Waals surface area (Å²) in [6.07, 6.45) is 2.91. The molecule has 2 heterocycles. The third-order valence-corrected chi connectivity index (χ3v) is 5.07. The van der Waals surface area contributed by atoms with Gasteiger partial charge in [0.05, 0.1) is 6.54 Å². The third kappa shape index (κ3) is 4.46. The number of hydrogen-bond acceptors (Lipinski definition) is 5. The number of aryl methyl sites for hydroxylation is 2. The highest BCUT2D eigenvalue weighted by Crippen LogP contribution is 2.14. The van der Waals surface area contributed by atoms with Crippen molar-refractivity contribution in [1.29, 1.82) is 0 Å². The largest absolute Gasteiger partial charge is 0.345 e. The Hall–Kier alpha value is -2.72. The molecule has 0 spiro atoms. The predicted molar refractivity (Wildman–Crippen MR) is 96.2 cm³/mol. The van der Waals surface area contributed by atoms with Gasteiger partial charge in [0, 0.05) is 26.5 Å². The molecule has 26 heavy (non-hydrogen) atoms. The molecule has 0 aliphatic rings. The summed E-state index contributed by atoms with van der Waals surface area (Å²) < 4.78 is 27.3. The van der Waals surface area contributed by atoms with Crippen molar-refractivity contribution in [3.05, 3.63) is 41.9 Å². The predicted octanol–water partition coefficient (Wildman–Crippen LogP) is 0.347. The first-order valence-corrected chi connectivity index (χ1v) is 9.20. The zero-order valence-electron chi connectivity index (χ0n) is 15.0. The van der Waals surface area contributed by atoms with E-state index in [4.69, 9.17) is 0 Å². The van der Waals surface area contributed by atoms with E-state index < -0.39 is 21.8 Å². The quantitative estimate of drug-likeness (QED) is 0.752. The van der Waals surface area contributed by atoms with E-state index in [9.17, 15) is 18.0 Å². The van der Waals surface area contributed by atoms with E-state index in [0.717, 1.165) is 5.56 Å². The van der Waals surface area contributed by atoms with Crippen LogP contribution in [-0.2, 0) is 21.9 Å². The van der Waals surface area contributed by atoms with Gasteiger partial charge >= 0.3 is 0 Å². The van der Waals surface area contributed by atoms with Gasteiger partial charge in [-0.05, 0) is 37.7 Å². The van der Waals surface area contributed by atoms with Gasteiger partial charge in [-0.15, -0.1) is 0 Å². The highest BCUT2D eigenvalue weighted by atomic mass is 32.2. The molecule has 0 fully saturated rings. The zero-order chi connectivity index (χ0) is 19.5. The molecule has 0 saturated carbocycles. The van der Waals surface area contributed by atoms with Crippen LogP contribution in [0.15, 0.2) is 35.5 Å². The summed E-state index contributed by atoms with van der Waals surface area (Å²) in [5.41, 5.74) is 1.10. The Kier molecular flexibility index (Phi) is 5.78. The Morgan fingerprint density at radius 1 is 1.31 bits per heavy atom. The Labute approximate surface area is 152 Å². The molecule has 0 aliphatic heterocycles. The molecule has 2 N–H and O–H groups in total. The maximum absolute atomic E-state index is 12.5. The fourth-order valence-electron chi connectivity index (χ4n) is 2.28. The molecule has 0 radical (unpaired) electrons. The van der Waals surface area contributed by atoms with E-state index in [1.165, 1.54) is 35.8 Å². The summed E-state index contributed by atoms with van der Waals surface area (Å²) in [7, 11) is 0.660. The summed E-state index contributed by atoms with van der Waals surface area (Å²) in [5, 5.41) is 2.62. The van der Waals surface area contributed by atoms with E-state index in [1.807, 2.05) is 6.92 Å². The van der Waals surface area contributed by atoms with E-state index in [2.05, 4.69) is 15.0 Å². The van der Waals surface area contributed by atoms with Gasteiger partial charge in [0.15, 0.2) is 0 Å². The number of hydrogen-bond donors (Lipinski definition) is 2. The van der Waals surface area contributed by atoms with Crippen molar-refractivity contribution in [3.8, 4) is 0 Å². The fraction of sp³-hybridized carbons (Fsp3) is 0.312. The number of nitrogens with one attached hydrogen (secondary N) is 2. The molecular formula is C16H21N5O4S. The maximum atomic E-state index is 12.5. The lowest BCUT2D eigenvalue weighted by Gasteiger charge is -2.17. The van der Waals surface area contributed by atoms with Crippen LogP contribution in [0.1, 0.15) is 16.1 Å². The molecular weight excluding hydrogens is 358 g/mol. The van der Waals surface area contributed by atoms with Crippen LogP contribution in [0.4, 0.5) is 5.82 Å². The second-order valence-corrected chi connectivity index (χ2v) is 7.69. The lowest BCUT2D eigenvalue weighted by Crippen LogP contribution is -2.35. The van der Waals surface area contributed by atoms with Crippen molar-refractivity contribution in [2.24, 2.45) is 7.05 Å². The zero-order valence-corrected chi connectivity index (χ0v) is 15.8. The van der Waals surface area contributed by atoms with Gasteiger partial charge in [0.25, 0.3) is 5.91 Å². The van der Waals surface area contributed by atoms with Crippen LogP contribution < -0.4 is 10.0 Å². The van der Waals surface area contributed by atoms with Crippen LogP contribution in [0.3, 0.4) is 0 Å². The van der Waals surface area contributed by atoms with Crippen LogP contribution in [0.5, 0.6) is 0 Å². The first-order chi connectivity index (χ1) is 12.1. The van der Waals surface area contributed by atoms with Crippen molar-refractivity contribution in [3.63, 3.8) is 0 Å². The van der Waals surface area contributed by atoms with Gasteiger partial charge in [0.2, 0.25) is 15.9 Å². The number of rotatable bonds is 6. The van der Waals surface area contributed by atoms with Gasteiger partial charge < -0.3 is 14.8 Å². The monoisotopic (exact) mass is 379 g/mol. The van der Waals surface area contributed by atoms with Gasteiger partial charge in [-0.1, -0.05) is 0 Å². The highest BCUT2D eigenvalue weighted by Gasteiger charge is 2.22. The Bertz CT molecular complexity index is 936. The second-order valence-electron chi connectivity index (χ2n) is 5.81. The molecule has 2 aromatic rings. The summed E-state index contributed by atoms with van der Waals surface area (Å²) in [6, 6.07) is 4.79. The van der Waals surface area contributed by atoms with Crippen LogP contribution in [0.25, 0.3) is 0 Å². The molecule has 2 amide bonds. The number of nitrogens with zero attached hydrogens (tertiary/aromatic N) is 3. The van der Waals surface area contributed by atoms with Crippen molar-refractivity contribution in [2.45, 2.75) is 11.8 Å². The van der Waals surface area contributed by atoms with Gasteiger partial charge in [-0.25, -0.2) is 18.1 Å². The SMILES string of the molecule is CNS(=O)(=O)c1cc(C(=O)N(C)CC(=O)Nc2cc(C)ccn2)n(C)c1. The van der Waals surface area contributed by atoms with E-state index in [-0.39, 0.29) is 17.1 Å². The van der Waals surface area contributed by atoms with E-state index in [1.54, 1.807) is 25.4 Å². The van der Waals surface area contributed by atoms with Crippen molar-refractivity contribution in [2.75, 3.05) is 26.0 Å². The van der Waals surface area contributed by atoms with Crippen LogP contribution in [-0.4, -0.2) is 55.3 Å². The number of aromatic nitrogens is 2. The Balaban J connectivity index is 2.09. The molecule has 0 unspecified atom stereocenters. The first-order valence-electron chi connectivity index (χ1n) is 7.72. The molecule has 9 nitrogen and oxygen atoms in total. The summed E-state index contributed by atoms with van der Waals surface area (Å²) in [6.45, 7) is 1.67. The Morgan fingerprint density at radius 3 is 2.62 bits per heavy atom. The fourth-order valence-corrected chi connectivity index (χ4v) is 3.08. The molecule has 0 saturated heterocycles. The molecule has 0 aliphatic carbocycles. The standard InChI is InChI=1S/C16H21N5O4S/c1-11-5-6-18-14(7-11)19-15(22)10-21(4)16(23)13-8-12(9-20(13)3)26(24,25)17-2/h5-9,17H,10H2,1-4H3,(H,18,19,22). The number of carbonyl (C=O) groups is 2. The van der Waals surface area contributed by atoms with Gasteiger partial charge in [-0.2, -0.15) is 0 Å². The minimum atomic E-state index is -3.66. The minimum absolute atomic E-state index is 0.0207. The number of likely N-dealkylation sites (N-methyl/N-ethyl adjacent to an activating group) is 1. The molecule has 10 heteroatoms. The lowest BCUT2D eigenvalue weighted by molar-refractivity contribution is -0.116. The van der Waals surface area contributed by atoms with Crippen molar-refractivity contribution < 1.29 is 18.0 Å². The minimum Gasteiger partial charge on any atom is -0.345 e. The van der Waals surface area contributed by atoms with Crippen LogP contribution in [0.2, 0.25) is 0 Å². The first kappa shape index (κ1) is 19.6. The van der Waals surface area contributed by atoms with Gasteiger partial charge in [0.1, 0.15) is 16.4 Å². The smallest absolute Gasteiger partial charge is 0.270 e. The molecule has 0 bridgehead atoms.